The minimum absolute atomic E-state index is 0. The molecule has 0 aliphatic heterocycles. The molecule has 0 N–H and O–H groups in total. The molecule has 2 rings (SSSR count). The Morgan fingerprint density at radius 3 is 1.56 bits per heavy atom. The molecule has 0 bridgehead atoms. The molecular formula is C24H18BrF17N2O. The van der Waals surface area contributed by atoms with Crippen molar-refractivity contribution >= 4 is 12.3 Å². The number of aromatic nitrogens is 2. The van der Waals surface area contributed by atoms with Crippen LogP contribution in [0.5, 0.6) is 5.75 Å². The quantitative estimate of drug-likeness (QED) is 0.173. The van der Waals surface area contributed by atoms with Crippen molar-refractivity contribution in [2.45, 2.75) is 68.5 Å². The van der Waals surface area contributed by atoms with Crippen molar-refractivity contribution in [2.75, 3.05) is 0 Å². The van der Waals surface area contributed by atoms with Crippen LogP contribution in [0.3, 0.4) is 0 Å². The Kier molecular flexibility index (Phi) is 11.9. The molecule has 0 saturated heterocycles. The van der Waals surface area contributed by atoms with Crippen molar-refractivity contribution in [1.29, 1.82) is 0 Å². The highest BCUT2D eigenvalue weighted by molar-refractivity contribution is 5.61. The van der Waals surface area contributed by atoms with Crippen LogP contribution in [0.4, 0.5) is 74.6 Å². The smallest absolute Gasteiger partial charge is 0.449 e. The largest absolute Gasteiger partial charge is 1.00 e. The molecule has 0 aliphatic carbocycles. The Morgan fingerprint density at radius 1 is 0.733 bits per heavy atom. The molecule has 1 heterocycles. The Bertz CT molecular complexity index is 1260. The van der Waals surface area contributed by atoms with Gasteiger partial charge in [0.15, 0.2) is 0 Å². The van der Waals surface area contributed by atoms with Crippen LogP contribution in [0, 0.1) is 0 Å². The Labute approximate surface area is 252 Å². The number of nitrogens with zero attached hydrogens (tertiary/aromatic N) is 2. The lowest BCUT2D eigenvalue weighted by Crippen LogP contribution is -3.00. The number of ether oxygens (including phenoxy) is 1. The van der Waals surface area contributed by atoms with Gasteiger partial charge >= 0.3 is 42.2 Å². The van der Waals surface area contributed by atoms with Crippen molar-refractivity contribution in [2.24, 2.45) is 0 Å². The fourth-order valence-corrected chi connectivity index (χ4v) is 3.60. The van der Waals surface area contributed by atoms with Gasteiger partial charge in [0.1, 0.15) is 18.1 Å². The molecule has 0 radical (unpaired) electrons. The first-order chi connectivity index (χ1) is 19.7. The number of imidazole rings is 1. The van der Waals surface area contributed by atoms with Gasteiger partial charge in [0.25, 0.3) is 0 Å². The molecule has 21 heteroatoms. The van der Waals surface area contributed by atoms with Gasteiger partial charge in [-0.05, 0) is 30.2 Å². The van der Waals surface area contributed by atoms with Crippen LogP contribution in [0.2, 0.25) is 0 Å². The monoisotopic (exact) mass is 752 g/mol. The summed E-state index contributed by atoms with van der Waals surface area (Å²) in [5.41, 5.74) is -22.0. The van der Waals surface area contributed by atoms with Crippen LogP contribution < -0.4 is 26.3 Å². The number of unbranched alkanes of at least 4 members (excludes halogenated alkanes) is 1. The number of halogens is 18. The number of alkyl halides is 17. The first kappa shape index (κ1) is 40.0. The predicted molar refractivity (Wildman–Crippen MR) is 117 cm³/mol. The molecule has 0 spiro atoms. The maximum absolute atomic E-state index is 14.8. The number of allylic oxidation sites excluding steroid dienone is 2. The molecule has 1 aromatic heterocycles. The van der Waals surface area contributed by atoms with E-state index < -0.39 is 59.3 Å². The maximum atomic E-state index is 14.8. The topological polar surface area (TPSA) is 18.0 Å². The zero-order valence-electron chi connectivity index (χ0n) is 21.9. The van der Waals surface area contributed by atoms with Crippen LogP contribution in [0.1, 0.15) is 25.3 Å². The number of aryl methyl sites for hydroxylation is 1. The van der Waals surface area contributed by atoms with Gasteiger partial charge in [-0.1, -0.05) is 25.5 Å². The third-order valence-electron chi connectivity index (χ3n) is 5.76. The lowest BCUT2D eigenvalue weighted by atomic mass is 9.79. The first-order valence-electron chi connectivity index (χ1n) is 11.7. The van der Waals surface area contributed by atoms with E-state index in [2.05, 4.69) is 4.74 Å². The van der Waals surface area contributed by atoms with E-state index in [1.807, 2.05) is 6.92 Å². The summed E-state index contributed by atoms with van der Waals surface area (Å²) in [5, 5.41) is 0. The molecule has 0 fully saturated rings. The van der Waals surface area contributed by atoms with Crippen LogP contribution >= 0.6 is 0 Å². The third kappa shape index (κ3) is 8.24. The van der Waals surface area contributed by atoms with Crippen molar-refractivity contribution in [1.82, 2.24) is 4.57 Å². The fraction of sp³-hybridized carbons (Fsp3) is 0.458. The van der Waals surface area contributed by atoms with Gasteiger partial charge in [-0.25, -0.2) is 17.9 Å². The predicted octanol–water partition coefficient (Wildman–Crippen LogP) is 6.07. The molecule has 1 aromatic carbocycles. The summed E-state index contributed by atoms with van der Waals surface area (Å²) in [5.74, 6) is -6.16. The molecule has 0 saturated carbocycles. The van der Waals surface area contributed by atoms with Crippen LogP contribution in [-0.4, -0.2) is 46.8 Å². The zero-order valence-corrected chi connectivity index (χ0v) is 23.5. The second-order valence-electron chi connectivity index (χ2n) is 8.95. The summed E-state index contributed by atoms with van der Waals surface area (Å²) < 4.78 is 237. The average molecular weight is 753 g/mol. The summed E-state index contributed by atoms with van der Waals surface area (Å²) in [7, 11) is 0. The number of rotatable bonds is 9. The number of hydrogen-bond donors (Lipinski definition) is 0. The molecule has 0 aliphatic rings. The second kappa shape index (κ2) is 13.4. The minimum atomic E-state index is -8.22. The average Bonchev–Trinajstić information content (AvgIpc) is 3.30. The van der Waals surface area contributed by atoms with E-state index in [9.17, 15) is 74.6 Å². The number of hydrogen-bond acceptors (Lipinski definition) is 1. The zero-order chi connectivity index (χ0) is 34.2. The van der Waals surface area contributed by atoms with Gasteiger partial charge < -0.3 is 21.7 Å². The lowest BCUT2D eigenvalue weighted by Gasteiger charge is -2.41. The van der Waals surface area contributed by atoms with Gasteiger partial charge in [0, 0.05) is 0 Å². The second-order valence-corrected chi connectivity index (χ2v) is 8.95. The molecular weight excluding hydrogens is 735 g/mol. The molecule has 45 heavy (non-hydrogen) atoms. The normalized spacial score (nSPS) is 14.0. The SMILES string of the molecule is CCCC[n+]1ccn(C=Cc2ccc(OC(=C(C(F)(C(F)(F)F)C(F)(F)F)C(F)(C(F)(F)F)C(F)(F)F)C(F)(F)F)cc2)c1.[Br-]. The van der Waals surface area contributed by atoms with E-state index in [1.54, 1.807) is 23.3 Å². The van der Waals surface area contributed by atoms with Crippen molar-refractivity contribution in [3.05, 3.63) is 59.9 Å². The number of benzene rings is 1. The lowest BCUT2D eigenvalue weighted by molar-refractivity contribution is -0.696. The molecule has 0 atom stereocenters. The summed E-state index contributed by atoms with van der Waals surface area (Å²) in [6, 6.07) is 1.98. The molecule has 2 aromatic rings. The Hall–Kier alpha value is -3.00. The summed E-state index contributed by atoms with van der Waals surface area (Å²) in [6.07, 6.45) is -30.4. The van der Waals surface area contributed by atoms with Gasteiger partial charge in [-0.3, -0.25) is 0 Å². The van der Waals surface area contributed by atoms with E-state index in [0.717, 1.165) is 25.0 Å². The van der Waals surface area contributed by atoms with Gasteiger partial charge in [0.2, 0.25) is 12.1 Å². The van der Waals surface area contributed by atoms with E-state index in [-0.39, 0.29) is 34.7 Å². The fourth-order valence-electron chi connectivity index (χ4n) is 3.60. The van der Waals surface area contributed by atoms with E-state index >= 15 is 0 Å². The van der Waals surface area contributed by atoms with Crippen molar-refractivity contribution < 1.29 is 101 Å². The highest BCUT2D eigenvalue weighted by atomic mass is 79.9. The van der Waals surface area contributed by atoms with Crippen molar-refractivity contribution in [3.8, 4) is 5.75 Å². The molecule has 0 amide bonds. The standard InChI is InChI=1S/C24H18F17N2O.BrH/c1-2-3-9-42-11-12-43(13-42)10-8-14-4-6-15(7-5-14)44-17(20(27,28)29)16(18(25,21(30,31)32)22(33,34)35)19(26,23(36,37)38)24(39,40)41;/h4-8,10-13H,2-3,9H2,1H3;1H/q+1;/p-1. The van der Waals surface area contributed by atoms with Crippen LogP contribution in [0.15, 0.2) is 54.3 Å². The minimum Gasteiger partial charge on any atom is -1.00 e. The van der Waals surface area contributed by atoms with Gasteiger partial charge in [-0.2, -0.15) is 65.9 Å². The Balaban J connectivity index is 0.0000101. The molecule has 3 nitrogen and oxygen atoms in total. The molecule has 0 unspecified atom stereocenters. The first-order valence-corrected chi connectivity index (χ1v) is 11.7. The third-order valence-corrected chi connectivity index (χ3v) is 5.76. The van der Waals surface area contributed by atoms with Crippen LogP contribution in [0.25, 0.3) is 12.3 Å². The van der Waals surface area contributed by atoms with E-state index in [4.69, 9.17) is 0 Å². The highest BCUT2D eigenvalue weighted by Crippen LogP contribution is 2.63. The highest BCUT2D eigenvalue weighted by Gasteiger charge is 2.88. The van der Waals surface area contributed by atoms with Gasteiger partial charge in [0.05, 0.1) is 18.3 Å². The maximum Gasteiger partial charge on any atom is 0.449 e. The summed E-state index contributed by atoms with van der Waals surface area (Å²) >= 11 is 0. The Morgan fingerprint density at radius 2 is 1.18 bits per heavy atom. The van der Waals surface area contributed by atoms with E-state index in [0.29, 0.717) is 6.54 Å². The molecule has 256 valence electrons. The van der Waals surface area contributed by atoms with E-state index in [1.165, 1.54) is 16.8 Å². The van der Waals surface area contributed by atoms with Crippen LogP contribution in [-0.2, 0) is 6.54 Å². The summed E-state index contributed by atoms with van der Waals surface area (Å²) in [6.45, 7) is 2.56. The summed E-state index contributed by atoms with van der Waals surface area (Å²) in [4.78, 5) is 0. The van der Waals surface area contributed by atoms with Gasteiger partial charge in [-0.15, -0.1) is 0 Å². The van der Waals surface area contributed by atoms with Crippen molar-refractivity contribution in [3.63, 3.8) is 0 Å².